The Labute approximate surface area is 162 Å². The summed E-state index contributed by atoms with van der Waals surface area (Å²) in [4.78, 5) is 0. The second kappa shape index (κ2) is 10.7. The number of nitrogens with zero attached hydrogens (tertiary/aromatic N) is 1. The summed E-state index contributed by atoms with van der Waals surface area (Å²) in [5.74, 6) is 6.84. The first-order chi connectivity index (χ1) is 13.1. The van der Waals surface area contributed by atoms with Gasteiger partial charge < -0.3 is 30.6 Å². The van der Waals surface area contributed by atoms with Gasteiger partial charge in [-0.2, -0.15) is 5.10 Å². The maximum atomic E-state index is 9.42. The highest BCUT2D eigenvalue weighted by Gasteiger charge is 2.09. The number of ether oxygens (including phenoxy) is 2. The Hall–Kier alpha value is -2.32. The average molecular weight is 395 g/mol. The average Bonchev–Trinajstić information content (AvgIpc) is 2.72. The third-order valence-corrected chi connectivity index (χ3v) is 4.01. The highest BCUT2D eigenvalue weighted by molar-refractivity contribution is 6.18. The molecule has 0 amide bonds. The maximum Gasteiger partial charge on any atom is 0.119 e. The van der Waals surface area contributed by atoms with Crippen LogP contribution in [0.2, 0.25) is 0 Å². The van der Waals surface area contributed by atoms with Crippen LogP contribution in [-0.2, 0) is 0 Å². The molecular weight excluding hydrogens is 372 g/mol. The summed E-state index contributed by atoms with van der Waals surface area (Å²) in [6.07, 6.45) is -1.64. The molecule has 2 aromatic rings. The van der Waals surface area contributed by atoms with Gasteiger partial charge in [0.15, 0.2) is 0 Å². The second-order valence-corrected chi connectivity index (χ2v) is 6.10. The van der Waals surface area contributed by atoms with Crippen LogP contribution in [0.15, 0.2) is 53.6 Å². The van der Waals surface area contributed by atoms with Crippen molar-refractivity contribution in [3.63, 3.8) is 0 Å². The molecule has 2 unspecified atom stereocenters. The van der Waals surface area contributed by atoms with E-state index in [1.165, 1.54) is 0 Å². The highest BCUT2D eigenvalue weighted by atomic mass is 35.5. The molecule has 0 aliphatic heterocycles. The highest BCUT2D eigenvalue weighted by Crippen LogP contribution is 2.19. The Morgan fingerprint density at radius 2 is 1.33 bits per heavy atom. The molecule has 0 heterocycles. The van der Waals surface area contributed by atoms with Crippen LogP contribution in [0.4, 0.5) is 0 Å². The van der Waals surface area contributed by atoms with Crippen LogP contribution < -0.4 is 15.3 Å². The van der Waals surface area contributed by atoms with Crippen molar-refractivity contribution in [2.45, 2.75) is 12.2 Å². The van der Waals surface area contributed by atoms with E-state index in [-0.39, 0.29) is 25.7 Å². The smallest absolute Gasteiger partial charge is 0.119 e. The standard InChI is InChI=1S/C19H23ClN2O5/c20-9-15(24)11-26-17-5-1-13(2-6-17)19(22-21)14-3-7-18(8-4-14)27-12-16(25)10-23/h1-8,15-16,23-25H,9-12,21H2/b22-19+. The molecule has 27 heavy (non-hydrogen) atoms. The molecular formula is C19H23ClN2O5. The van der Waals surface area contributed by atoms with Gasteiger partial charge in [-0.05, 0) is 48.5 Å². The van der Waals surface area contributed by atoms with Crippen molar-refractivity contribution in [3.05, 3.63) is 59.7 Å². The van der Waals surface area contributed by atoms with E-state index in [1.807, 2.05) is 12.1 Å². The van der Waals surface area contributed by atoms with E-state index in [4.69, 9.17) is 32.0 Å². The van der Waals surface area contributed by atoms with Crippen molar-refractivity contribution >= 4 is 17.3 Å². The maximum absolute atomic E-state index is 9.42. The molecule has 2 atom stereocenters. The number of alkyl halides is 1. The van der Waals surface area contributed by atoms with Crippen LogP contribution in [0, 0.1) is 0 Å². The third-order valence-electron chi connectivity index (χ3n) is 3.66. The van der Waals surface area contributed by atoms with Gasteiger partial charge in [0.1, 0.15) is 36.9 Å². The minimum Gasteiger partial charge on any atom is -0.491 e. The Morgan fingerprint density at radius 3 is 1.70 bits per heavy atom. The molecule has 0 saturated heterocycles. The number of nitrogens with two attached hydrogens (primary N) is 1. The fourth-order valence-electron chi connectivity index (χ4n) is 2.22. The molecule has 5 N–H and O–H groups in total. The molecule has 0 spiro atoms. The van der Waals surface area contributed by atoms with E-state index in [0.29, 0.717) is 17.2 Å². The number of aliphatic hydroxyl groups is 3. The molecule has 0 radical (unpaired) electrons. The predicted octanol–water partition coefficient (Wildman–Crippen LogP) is 1.11. The number of benzene rings is 2. The predicted molar refractivity (Wildman–Crippen MR) is 104 cm³/mol. The number of hydrogen-bond donors (Lipinski definition) is 4. The number of hydrazone groups is 1. The van der Waals surface area contributed by atoms with E-state index in [0.717, 1.165) is 11.1 Å². The van der Waals surface area contributed by atoms with Gasteiger partial charge in [0.25, 0.3) is 0 Å². The Kier molecular flexibility index (Phi) is 8.35. The van der Waals surface area contributed by atoms with Crippen LogP contribution in [0.5, 0.6) is 11.5 Å². The fraction of sp³-hybridized carbons (Fsp3) is 0.316. The zero-order valence-electron chi connectivity index (χ0n) is 14.7. The van der Waals surface area contributed by atoms with Gasteiger partial charge in [-0.3, -0.25) is 0 Å². The van der Waals surface area contributed by atoms with E-state index in [9.17, 15) is 10.2 Å². The Balaban J connectivity index is 2.03. The molecule has 0 fully saturated rings. The van der Waals surface area contributed by atoms with Crippen molar-refractivity contribution in [2.24, 2.45) is 10.9 Å². The van der Waals surface area contributed by atoms with Gasteiger partial charge in [-0.1, -0.05) is 0 Å². The molecule has 0 aliphatic carbocycles. The second-order valence-electron chi connectivity index (χ2n) is 5.79. The number of aliphatic hydroxyl groups excluding tert-OH is 3. The van der Waals surface area contributed by atoms with Crippen molar-refractivity contribution in [1.29, 1.82) is 0 Å². The molecule has 0 bridgehead atoms. The first-order valence-corrected chi connectivity index (χ1v) is 8.88. The van der Waals surface area contributed by atoms with Crippen LogP contribution >= 0.6 is 11.6 Å². The summed E-state index contributed by atoms with van der Waals surface area (Å²) in [6, 6.07) is 14.2. The van der Waals surface area contributed by atoms with Gasteiger partial charge in [0, 0.05) is 11.1 Å². The third kappa shape index (κ3) is 6.41. The van der Waals surface area contributed by atoms with Gasteiger partial charge in [-0.25, -0.2) is 0 Å². The quantitative estimate of drug-likeness (QED) is 0.207. The SMILES string of the molecule is N/N=C(/c1ccc(OCC(O)CO)cc1)c1ccc(OCC(O)CCl)cc1. The summed E-state index contributed by atoms with van der Waals surface area (Å²) in [5.41, 5.74) is 2.18. The number of rotatable bonds is 10. The summed E-state index contributed by atoms with van der Waals surface area (Å²) in [5, 5.41) is 31.4. The van der Waals surface area contributed by atoms with Crippen LogP contribution in [-0.4, -0.2) is 58.9 Å². The lowest BCUT2D eigenvalue weighted by Crippen LogP contribution is -2.21. The van der Waals surface area contributed by atoms with Crippen molar-refractivity contribution < 1.29 is 24.8 Å². The zero-order chi connectivity index (χ0) is 19.6. The largest absolute Gasteiger partial charge is 0.491 e. The van der Waals surface area contributed by atoms with Crippen molar-refractivity contribution in [3.8, 4) is 11.5 Å². The number of halogens is 1. The van der Waals surface area contributed by atoms with E-state index in [2.05, 4.69) is 5.10 Å². The summed E-state index contributed by atoms with van der Waals surface area (Å²) < 4.78 is 10.8. The Morgan fingerprint density at radius 1 is 0.889 bits per heavy atom. The lowest BCUT2D eigenvalue weighted by molar-refractivity contribution is 0.0536. The van der Waals surface area contributed by atoms with Crippen molar-refractivity contribution in [1.82, 2.24) is 0 Å². The molecule has 146 valence electrons. The molecule has 0 aromatic heterocycles. The normalized spacial score (nSPS) is 13.9. The lowest BCUT2D eigenvalue weighted by atomic mass is 10.0. The molecule has 0 saturated carbocycles. The summed E-state index contributed by atoms with van der Waals surface area (Å²) >= 11 is 5.53. The van der Waals surface area contributed by atoms with Gasteiger partial charge >= 0.3 is 0 Å². The zero-order valence-corrected chi connectivity index (χ0v) is 15.4. The van der Waals surface area contributed by atoms with Gasteiger partial charge in [0.05, 0.1) is 18.2 Å². The minimum atomic E-state index is -0.919. The minimum absolute atomic E-state index is 0.00750. The molecule has 2 aromatic carbocycles. The van der Waals surface area contributed by atoms with E-state index in [1.54, 1.807) is 36.4 Å². The topological polar surface area (TPSA) is 118 Å². The fourth-order valence-corrected chi connectivity index (χ4v) is 2.30. The first kappa shape index (κ1) is 21.0. The summed E-state index contributed by atoms with van der Waals surface area (Å²) in [7, 11) is 0. The van der Waals surface area contributed by atoms with Crippen LogP contribution in [0.3, 0.4) is 0 Å². The van der Waals surface area contributed by atoms with Crippen molar-refractivity contribution in [2.75, 3.05) is 25.7 Å². The molecule has 2 rings (SSSR count). The van der Waals surface area contributed by atoms with E-state index >= 15 is 0 Å². The first-order valence-electron chi connectivity index (χ1n) is 8.34. The van der Waals surface area contributed by atoms with E-state index < -0.39 is 12.2 Å². The molecule has 0 aliphatic rings. The van der Waals surface area contributed by atoms with Crippen LogP contribution in [0.1, 0.15) is 11.1 Å². The van der Waals surface area contributed by atoms with Crippen LogP contribution in [0.25, 0.3) is 0 Å². The molecule has 8 heteroatoms. The Bertz CT molecular complexity index is 662. The van der Waals surface area contributed by atoms with Gasteiger partial charge in [0.2, 0.25) is 0 Å². The summed E-state index contributed by atoms with van der Waals surface area (Å²) in [6.45, 7) is -0.229. The molecule has 7 nitrogen and oxygen atoms in total. The monoisotopic (exact) mass is 394 g/mol. The number of hydrogen-bond acceptors (Lipinski definition) is 7. The lowest BCUT2D eigenvalue weighted by Gasteiger charge is -2.12. The van der Waals surface area contributed by atoms with Gasteiger partial charge in [-0.15, -0.1) is 11.6 Å².